The van der Waals surface area contributed by atoms with E-state index in [0.717, 1.165) is 0 Å². The van der Waals surface area contributed by atoms with Crippen LogP contribution in [-0.2, 0) is 9.31 Å². The fourth-order valence-corrected chi connectivity index (χ4v) is 5.37. The standard InChI is InChI=1S/C22H18BF26NO2/c1-51-23-50-8-2-3-9(50)10(52-23,4-6-11(24,25)13(28,29)15(32,33)17(36,37)19(40,41)21(44,45)46)5-7-12(26,27)14(30,31)16(34,35)18(38,39)20(42,43)22(47,48)49/h9H,2-8H2,1H3/t9-/m0/s1. The number of rotatable bonds is 15. The molecule has 0 aliphatic carbocycles. The summed E-state index contributed by atoms with van der Waals surface area (Å²) in [5.41, 5.74) is -3.38. The first-order valence-electron chi connectivity index (χ1n) is 13.4. The van der Waals surface area contributed by atoms with Crippen LogP contribution in [0.5, 0.6) is 0 Å². The quantitative estimate of drug-likeness (QED) is 0.121. The molecule has 0 saturated carbocycles. The minimum absolute atomic E-state index is 0.262. The van der Waals surface area contributed by atoms with Gasteiger partial charge in [0.1, 0.15) is 0 Å². The molecule has 0 aromatic heterocycles. The van der Waals surface area contributed by atoms with Gasteiger partial charge in [0.15, 0.2) is 0 Å². The van der Waals surface area contributed by atoms with Crippen molar-refractivity contribution in [1.82, 2.24) is 4.81 Å². The summed E-state index contributed by atoms with van der Waals surface area (Å²) in [7, 11) is -1.47. The van der Waals surface area contributed by atoms with E-state index in [0.29, 0.717) is 11.9 Å². The van der Waals surface area contributed by atoms with Crippen LogP contribution in [0.1, 0.15) is 38.5 Å². The highest BCUT2D eigenvalue weighted by atomic mass is 19.4. The van der Waals surface area contributed by atoms with Gasteiger partial charge in [0.2, 0.25) is 0 Å². The van der Waals surface area contributed by atoms with Crippen LogP contribution in [0.15, 0.2) is 0 Å². The second-order valence-corrected chi connectivity index (χ2v) is 11.6. The second kappa shape index (κ2) is 12.8. The van der Waals surface area contributed by atoms with Crippen molar-refractivity contribution >= 4 is 7.25 Å². The van der Waals surface area contributed by atoms with E-state index in [2.05, 4.69) is 4.65 Å². The van der Waals surface area contributed by atoms with Crippen LogP contribution < -0.4 is 0 Å². The number of nitrogens with zero attached hydrogens (tertiary/aromatic N) is 1. The Morgan fingerprint density at radius 1 is 0.519 bits per heavy atom. The molecule has 0 bridgehead atoms. The normalized spacial score (nSPS) is 21.3. The summed E-state index contributed by atoms with van der Waals surface area (Å²) in [5.74, 6) is -79.5. The van der Waals surface area contributed by atoms with Gasteiger partial charge in [0, 0.05) is 26.0 Å². The molecular formula is C22H18BF26NO2. The van der Waals surface area contributed by atoms with E-state index in [9.17, 15) is 114 Å². The Bertz CT molecular complexity index is 1200. The van der Waals surface area contributed by atoms with E-state index in [1.54, 1.807) is 0 Å². The van der Waals surface area contributed by atoms with Crippen LogP contribution in [0, 0.1) is 0 Å². The molecule has 2 saturated heterocycles. The molecule has 3 nitrogen and oxygen atoms in total. The minimum atomic E-state index is -8.38. The van der Waals surface area contributed by atoms with Crippen molar-refractivity contribution in [1.29, 1.82) is 0 Å². The third kappa shape index (κ3) is 6.41. The van der Waals surface area contributed by atoms with Gasteiger partial charge in [-0.2, -0.15) is 114 Å². The molecule has 0 N–H and O–H groups in total. The van der Waals surface area contributed by atoms with Crippen molar-refractivity contribution < 1.29 is 123 Å². The van der Waals surface area contributed by atoms with Gasteiger partial charge in [-0.15, -0.1) is 0 Å². The third-order valence-electron chi connectivity index (χ3n) is 8.43. The molecule has 0 amide bonds. The predicted molar refractivity (Wildman–Crippen MR) is 116 cm³/mol. The average Bonchev–Trinajstić information content (AvgIpc) is 3.56. The van der Waals surface area contributed by atoms with Gasteiger partial charge in [-0.3, -0.25) is 4.81 Å². The van der Waals surface area contributed by atoms with Crippen LogP contribution in [0.3, 0.4) is 0 Å². The lowest BCUT2D eigenvalue weighted by Crippen LogP contribution is -2.70. The first-order chi connectivity index (χ1) is 22.6. The first-order valence-corrected chi connectivity index (χ1v) is 13.4. The Morgan fingerprint density at radius 3 is 1.12 bits per heavy atom. The molecule has 2 heterocycles. The lowest BCUT2D eigenvalue weighted by molar-refractivity contribution is -0.440. The monoisotopic (exact) mass is 833 g/mol. The van der Waals surface area contributed by atoms with E-state index in [1.807, 2.05) is 0 Å². The zero-order valence-electron chi connectivity index (χ0n) is 24.7. The molecule has 2 aliphatic rings. The van der Waals surface area contributed by atoms with Crippen molar-refractivity contribution in [2.45, 2.75) is 122 Å². The van der Waals surface area contributed by atoms with Gasteiger partial charge in [0.25, 0.3) is 0 Å². The van der Waals surface area contributed by atoms with Crippen molar-refractivity contribution in [2.24, 2.45) is 0 Å². The molecule has 308 valence electrons. The summed E-state index contributed by atoms with van der Waals surface area (Å²) in [6, 6.07) is -1.96. The van der Waals surface area contributed by atoms with Gasteiger partial charge < -0.3 is 9.31 Å². The fraction of sp³-hybridized carbons (Fsp3) is 1.00. The Labute approximate surface area is 272 Å². The third-order valence-corrected chi connectivity index (χ3v) is 8.43. The van der Waals surface area contributed by atoms with E-state index in [-0.39, 0.29) is 6.42 Å². The molecule has 2 rings (SSSR count). The van der Waals surface area contributed by atoms with Crippen molar-refractivity contribution in [2.75, 3.05) is 13.7 Å². The van der Waals surface area contributed by atoms with Gasteiger partial charge in [-0.05, 0) is 32.2 Å². The van der Waals surface area contributed by atoms with Gasteiger partial charge in [-0.1, -0.05) is 0 Å². The molecule has 0 aromatic carbocycles. The zero-order chi connectivity index (χ0) is 41.6. The Balaban J connectivity index is 2.58. The van der Waals surface area contributed by atoms with Crippen LogP contribution in [-0.4, -0.2) is 109 Å². The molecule has 1 atom stereocenters. The smallest absolute Gasteiger partial charge is 0.400 e. The van der Waals surface area contributed by atoms with Crippen LogP contribution in [0.4, 0.5) is 114 Å². The molecule has 30 heteroatoms. The van der Waals surface area contributed by atoms with Crippen molar-refractivity contribution in [3.05, 3.63) is 0 Å². The fourth-order valence-electron chi connectivity index (χ4n) is 5.37. The Hall–Kier alpha value is -1.88. The maximum absolute atomic E-state index is 14.6. The van der Waals surface area contributed by atoms with Gasteiger partial charge in [-0.25, -0.2) is 0 Å². The maximum Gasteiger partial charge on any atom is 0.558 e. The SMILES string of the molecule is COB1OC(CCC(F)(F)C(F)(F)C(F)(F)C(F)(F)C(F)(F)C(F)(F)F)(CCC(F)(F)C(F)(F)C(F)(F)C(F)(F)C(F)(F)C(F)(F)F)[C@@H]2CCCN12. The number of fused-ring (bicyclic) bond motifs is 1. The summed E-state index contributed by atoms with van der Waals surface area (Å²) < 4.78 is 362. The highest BCUT2D eigenvalue weighted by Crippen LogP contribution is 2.63. The van der Waals surface area contributed by atoms with Crippen LogP contribution in [0.25, 0.3) is 0 Å². The molecule has 2 aliphatic heterocycles. The molecule has 0 unspecified atom stereocenters. The first kappa shape index (κ1) is 46.3. The highest BCUT2D eigenvalue weighted by molar-refractivity contribution is 6.42. The summed E-state index contributed by atoms with van der Waals surface area (Å²) in [4.78, 5) is 0.714. The van der Waals surface area contributed by atoms with Gasteiger partial charge >= 0.3 is 78.8 Å². The zero-order valence-corrected chi connectivity index (χ0v) is 24.7. The second-order valence-electron chi connectivity index (χ2n) is 11.6. The number of halogens is 26. The Morgan fingerprint density at radius 2 is 0.827 bits per heavy atom. The molecule has 0 aromatic rings. The van der Waals surface area contributed by atoms with Crippen molar-refractivity contribution in [3.63, 3.8) is 0 Å². The summed E-state index contributed by atoms with van der Waals surface area (Å²) >= 11 is 0. The predicted octanol–water partition coefficient (Wildman–Crippen LogP) is 9.89. The molecule has 0 spiro atoms. The van der Waals surface area contributed by atoms with Crippen LogP contribution >= 0.6 is 0 Å². The average molecular weight is 833 g/mol. The lowest BCUT2D eigenvalue weighted by atomic mass is 9.79. The van der Waals surface area contributed by atoms with E-state index in [1.165, 1.54) is 0 Å². The number of hydrogen-bond acceptors (Lipinski definition) is 3. The lowest BCUT2D eigenvalue weighted by Gasteiger charge is -2.42. The number of alkyl halides is 26. The molecular weight excluding hydrogens is 815 g/mol. The van der Waals surface area contributed by atoms with Crippen molar-refractivity contribution in [3.8, 4) is 0 Å². The molecule has 2 fully saturated rings. The highest BCUT2D eigenvalue weighted by Gasteiger charge is 2.92. The molecule has 0 radical (unpaired) electrons. The van der Waals surface area contributed by atoms with E-state index < -0.39 is 129 Å². The topological polar surface area (TPSA) is 21.7 Å². The summed E-state index contributed by atoms with van der Waals surface area (Å²) in [6.45, 7) is -0.419. The van der Waals surface area contributed by atoms with Crippen LogP contribution in [0.2, 0.25) is 0 Å². The largest absolute Gasteiger partial charge is 0.558 e. The summed E-state index contributed by atoms with van der Waals surface area (Å²) in [5, 5.41) is 0. The Kier molecular flexibility index (Phi) is 11.4. The van der Waals surface area contributed by atoms with E-state index >= 15 is 0 Å². The minimum Gasteiger partial charge on any atom is -0.400 e. The van der Waals surface area contributed by atoms with Gasteiger partial charge in [0.05, 0.1) is 5.60 Å². The molecule has 52 heavy (non-hydrogen) atoms. The summed E-state index contributed by atoms with van der Waals surface area (Å²) in [6.07, 6.45) is -27.6. The van der Waals surface area contributed by atoms with E-state index in [4.69, 9.17) is 4.65 Å². The number of hydrogen-bond donors (Lipinski definition) is 0. The maximum atomic E-state index is 14.6.